The fourth-order valence-corrected chi connectivity index (χ4v) is 3.37. The lowest BCUT2D eigenvalue weighted by molar-refractivity contribution is -0.274. The van der Waals surface area contributed by atoms with Crippen LogP contribution in [-0.2, 0) is 0 Å². The summed E-state index contributed by atoms with van der Waals surface area (Å²) in [5.74, 6) is -1.40. The Morgan fingerprint density at radius 2 is 1.59 bits per heavy atom. The molecule has 0 saturated carbocycles. The van der Waals surface area contributed by atoms with Crippen LogP contribution in [0.5, 0.6) is 5.75 Å². The molecule has 5 nitrogen and oxygen atoms in total. The summed E-state index contributed by atoms with van der Waals surface area (Å²) >= 11 is 6.05. The number of aromatic nitrogens is 1. The Morgan fingerprint density at radius 3 is 2.25 bits per heavy atom. The Labute approximate surface area is 184 Å². The van der Waals surface area contributed by atoms with E-state index < -0.39 is 18.0 Å². The summed E-state index contributed by atoms with van der Waals surface area (Å²) in [6.45, 7) is 0. The van der Waals surface area contributed by atoms with Crippen molar-refractivity contribution >= 4 is 39.9 Å². The van der Waals surface area contributed by atoms with Gasteiger partial charge in [-0.1, -0.05) is 41.9 Å². The van der Waals surface area contributed by atoms with Crippen molar-refractivity contribution in [1.82, 2.24) is 4.98 Å². The van der Waals surface area contributed by atoms with Crippen molar-refractivity contribution in [2.75, 3.05) is 5.32 Å². The number of amides is 1. The molecule has 0 aliphatic carbocycles. The summed E-state index contributed by atoms with van der Waals surface area (Å²) in [5.41, 5.74) is 1.43. The summed E-state index contributed by atoms with van der Waals surface area (Å²) in [7, 11) is 0. The summed E-state index contributed by atoms with van der Waals surface area (Å²) in [6, 6.07) is 17.9. The van der Waals surface area contributed by atoms with Crippen LogP contribution in [0.4, 0.5) is 18.9 Å². The molecule has 0 spiro atoms. The number of rotatable bonds is 5. The van der Waals surface area contributed by atoms with Gasteiger partial charge in [-0.15, -0.1) is 13.2 Å². The van der Waals surface area contributed by atoms with E-state index in [0.717, 1.165) is 12.1 Å². The summed E-state index contributed by atoms with van der Waals surface area (Å²) < 4.78 is 40.8. The lowest BCUT2D eigenvalue weighted by Gasteiger charge is -2.10. The molecule has 0 fully saturated rings. The van der Waals surface area contributed by atoms with Crippen LogP contribution in [0.15, 0.2) is 72.8 Å². The molecule has 4 rings (SSSR count). The van der Waals surface area contributed by atoms with E-state index in [1.54, 1.807) is 48.5 Å². The fourth-order valence-electron chi connectivity index (χ4n) is 3.20. The van der Waals surface area contributed by atoms with Crippen LogP contribution in [0.1, 0.15) is 26.4 Å². The van der Waals surface area contributed by atoms with Crippen LogP contribution in [0.3, 0.4) is 0 Å². The van der Waals surface area contributed by atoms with Crippen molar-refractivity contribution in [2.24, 2.45) is 0 Å². The van der Waals surface area contributed by atoms with E-state index in [1.807, 2.05) is 0 Å². The number of fused-ring (bicyclic) bond motifs is 1. The highest BCUT2D eigenvalue weighted by molar-refractivity contribution is 6.31. The van der Waals surface area contributed by atoms with Gasteiger partial charge in [0.15, 0.2) is 0 Å². The second-order valence-electron chi connectivity index (χ2n) is 6.79. The standard InChI is InChI=1S/C23H14ClF3N2O3/c24-15-8-11-17-18(12-15)28-20(21(30)13-4-2-1-3-5-13)19(17)29-22(31)14-6-9-16(10-7-14)32-23(25,26)27/h1-12,28H,(H,29,31). The number of benzene rings is 3. The Kier molecular flexibility index (Phi) is 5.63. The van der Waals surface area contributed by atoms with Crippen LogP contribution < -0.4 is 10.1 Å². The highest BCUT2D eigenvalue weighted by Crippen LogP contribution is 2.32. The van der Waals surface area contributed by atoms with E-state index in [1.165, 1.54) is 12.1 Å². The van der Waals surface area contributed by atoms with Gasteiger partial charge in [0.05, 0.1) is 5.69 Å². The zero-order valence-electron chi connectivity index (χ0n) is 16.2. The number of hydrogen-bond acceptors (Lipinski definition) is 3. The van der Waals surface area contributed by atoms with E-state index in [4.69, 9.17) is 11.6 Å². The summed E-state index contributed by atoms with van der Waals surface area (Å²) in [4.78, 5) is 28.9. The fraction of sp³-hybridized carbons (Fsp3) is 0.0435. The van der Waals surface area contributed by atoms with Gasteiger partial charge in [0.1, 0.15) is 11.4 Å². The highest BCUT2D eigenvalue weighted by Gasteiger charge is 2.31. The molecule has 0 unspecified atom stereocenters. The first-order valence-electron chi connectivity index (χ1n) is 9.29. The zero-order chi connectivity index (χ0) is 22.9. The Balaban J connectivity index is 1.69. The normalized spacial score (nSPS) is 11.4. The minimum Gasteiger partial charge on any atom is -0.406 e. The quantitative estimate of drug-likeness (QED) is 0.350. The molecule has 0 saturated heterocycles. The first-order valence-corrected chi connectivity index (χ1v) is 9.67. The molecule has 2 N–H and O–H groups in total. The van der Waals surface area contributed by atoms with Gasteiger partial charge in [-0.2, -0.15) is 0 Å². The summed E-state index contributed by atoms with van der Waals surface area (Å²) in [5, 5.41) is 3.69. The maximum absolute atomic E-state index is 13.1. The largest absolute Gasteiger partial charge is 0.573 e. The second-order valence-corrected chi connectivity index (χ2v) is 7.22. The van der Waals surface area contributed by atoms with Crippen molar-refractivity contribution in [3.05, 3.63) is 94.6 Å². The van der Waals surface area contributed by atoms with Crippen molar-refractivity contribution in [3.63, 3.8) is 0 Å². The molecule has 162 valence electrons. The van der Waals surface area contributed by atoms with Crippen LogP contribution in [-0.4, -0.2) is 23.0 Å². The van der Waals surface area contributed by atoms with Crippen LogP contribution in [0.2, 0.25) is 5.02 Å². The number of hydrogen-bond donors (Lipinski definition) is 2. The van der Waals surface area contributed by atoms with Gasteiger partial charge in [-0.25, -0.2) is 0 Å². The number of anilines is 1. The molecule has 1 amide bonds. The lowest BCUT2D eigenvalue weighted by Crippen LogP contribution is -2.17. The van der Waals surface area contributed by atoms with E-state index >= 15 is 0 Å². The molecule has 1 aromatic heterocycles. The molecule has 1 heterocycles. The lowest BCUT2D eigenvalue weighted by atomic mass is 10.1. The van der Waals surface area contributed by atoms with E-state index in [9.17, 15) is 22.8 Å². The van der Waals surface area contributed by atoms with Gasteiger partial charge in [0.25, 0.3) is 5.91 Å². The Hall–Kier alpha value is -3.78. The SMILES string of the molecule is O=C(Nc1c(C(=O)c2ccccc2)[nH]c2cc(Cl)ccc12)c1ccc(OC(F)(F)F)cc1. The summed E-state index contributed by atoms with van der Waals surface area (Å²) in [6.07, 6.45) is -4.83. The van der Waals surface area contributed by atoms with Gasteiger partial charge in [-0.3, -0.25) is 9.59 Å². The Bertz CT molecular complexity index is 1300. The van der Waals surface area contributed by atoms with Crippen LogP contribution in [0, 0.1) is 0 Å². The zero-order valence-corrected chi connectivity index (χ0v) is 16.9. The number of ketones is 1. The second kappa shape index (κ2) is 8.39. The van der Waals surface area contributed by atoms with E-state index in [0.29, 0.717) is 21.5 Å². The number of carbonyl (C=O) groups excluding carboxylic acids is 2. The number of carbonyl (C=O) groups is 2. The average molecular weight is 459 g/mol. The first-order chi connectivity index (χ1) is 15.2. The van der Waals surface area contributed by atoms with Crippen molar-refractivity contribution < 1.29 is 27.5 Å². The molecule has 32 heavy (non-hydrogen) atoms. The molecule has 0 aliphatic rings. The Morgan fingerprint density at radius 1 is 0.906 bits per heavy atom. The van der Waals surface area contributed by atoms with Crippen LogP contribution >= 0.6 is 11.6 Å². The van der Waals surface area contributed by atoms with E-state index in [2.05, 4.69) is 15.0 Å². The van der Waals surface area contributed by atoms with Crippen molar-refractivity contribution in [3.8, 4) is 5.75 Å². The predicted molar refractivity (Wildman–Crippen MR) is 114 cm³/mol. The molecule has 4 aromatic rings. The number of H-pyrrole nitrogens is 1. The molecule has 9 heteroatoms. The predicted octanol–water partition coefficient (Wildman–Crippen LogP) is 6.20. The maximum Gasteiger partial charge on any atom is 0.573 e. The van der Waals surface area contributed by atoms with Gasteiger partial charge < -0.3 is 15.0 Å². The first kappa shape index (κ1) is 21.5. The monoisotopic (exact) mass is 458 g/mol. The topological polar surface area (TPSA) is 71.2 Å². The number of ether oxygens (including phenoxy) is 1. The van der Waals surface area contributed by atoms with E-state index in [-0.39, 0.29) is 22.7 Å². The minimum absolute atomic E-state index is 0.0842. The highest BCUT2D eigenvalue weighted by atomic mass is 35.5. The third kappa shape index (κ3) is 4.60. The number of nitrogens with one attached hydrogen (secondary N) is 2. The minimum atomic E-state index is -4.83. The third-order valence-electron chi connectivity index (χ3n) is 4.61. The maximum atomic E-state index is 13.1. The van der Waals surface area contributed by atoms with Crippen LogP contribution in [0.25, 0.3) is 10.9 Å². The number of alkyl halides is 3. The van der Waals surface area contributed by atoms with Crippen molar-refractivity contribution in [2.45, 2.75) is 6.36 Å². The van der Waals surface area contributed by atoms with Gasteiger partial charge in [0, 0.05) is 27.1 Å². The number of aromatic amines is 1. The van der Waals surface area contributed by atoms with Crippen molar-refractivity contribution in [1.29, 1.82) is 0 Å². The smallest absolute Gasteiger partial charge is 0.406 e. The molecule has 0 aliphatic heterocycles. The molecular formula is C23H14ClF3N2O3. The molecule has 0 radical (unpaired) electrons. The van der Waals surface area contributed by atoms with Gasteiger partial charge >= 0.3 is 6.36 Å². The van der Waals surface area contributed by atoms with Gasteiger partial charge in [-0.05, 0) is 42.5 Å². The molecule has 0 atom stereocenters. The number of halogens is 4. The van der Waals surface area contributed by atoms with Gasteiger partial charge in [0.2, 0.25) is 5.78 Å². The molecule has 3 aromatic carbocycles. The molecular weight excluding hydrogens is 445 g/mol. The third-order valence-corrected chi connectivity index (χ3v) is 4.85. The average Bonchev–Trinajstić information content (AvgIpc) is 3.10. The molecule has 0 bridgehead atoms.